The molecule has 12 heavy (non-hydrogen) atoms. The minimum atomic E-state index is -0.777. The minimum Gasteiger partial charge on any atom is -0.393 e. The number of Topliss-reactive ketones (excluding diaryl/α,β-unsaturated/α-hetero) is 1. The Labute approximate surface area is 70.9 Å². The van der Waals surface area contributed by atoms with E-state index in [4.69, 9.17) is 0 Å². The molecule has 0 aliphatic heterocycles. The molecule has 0 bridgehead atoms. The Morgan fingerprint density at radius 2 is 1.75 bits per heavy atom. The average molecular weight is 172 g/mol. The Balaban J connectivity index is 3.85. The Hall–Kier alpha value is -1.19. The van der Waals surface area contributed by atoms with Crippen LogP contribution in [0.15, 0.2) is 0 Å². The second-order valence-electron chi connectivity index (χ2n) is 2.83. The molecule has 4 nitrogen and oxygen atoms in total. The minimum absolute atomic E-state index is 0.309. The number of ether oxygens (including phenoxy) is 1. The molecule has 0 aromatic heterocycles. The Morgan fingerprint density at radius 1 is 1.25 bits per heavy atom. The third-order valence-corrected chi connectivity index (χ3v) is 1.08. The highest BCUT2D eigenvalue weighted by atomic mass is 16.6. The van der Waals surface area contributed by atoms with Crippen molar-refractivity contribution in [1.82, 2.24) is 0 Å². The van der Waals surface area contributed by atoms with Crippen LogP contribution in [-0.2, 0) is 19.1 Å². The lowest BCUT2D eigenvalue weighted by Gasteiger charge is -2.02. The molecule has 0 aliphatic carbocycles. The van der Waals surface area contributed by atoms with E-state index in [1.54, 1.807) is 13.8 Å². The van der Waals surface area contributed by atoms with Gasteiger partial charge in [0.25, 0.3) is 0 Å². The predicted molar refractivity (Wildman–Crippen MR) is 41.2 cm³/mol. The molecule has 0 rings (SSSR count). The Kier molecular flexibility index (Phi) is 4.18. The largest absolute Gasteiger partial charge is 0.393 e. The normalized spacial score (nSPS) is 9.67. The summed E-state index contributed by atoms with van der Waals surface area (Å²) in [7, 11) is 0. The molecule has 0 saturated heterocycles. The van der Waals surface area contributed by atoms with E-state index in [-0.39, 0.29) is 18.1 Å². The Bertz CT molecular complexity index is 205. The first kappa shape index (κ1) is 10.8. The molecule has 0 fully saturated rings. The summed E-state index contributed by atoms with van der Waals surface area (Å²) < 4.78 is 4.32. The van der Waals surface area contributed by atoms with Gasteiger partial charge in [-0.3, -0.25) is 14.4 Å². The lowest BCUT2D eigenvalue weighted by atomic mass is 10.2. The number of esters is 2. The maximum absolute atomic E-state index is 10.8. The van der Waals surface area contributed by atoms with Gasteiger partial charge < -0.3 is 4.74 Å². The van der Waals surface area contributed by atoms with Crippen molar-refractivity contribution < 1.29 is 19.1 Å². The fraction of sp³-hybridized carbons (Fsp3) is 0.625. The number of rotatable bonds is 3. The van der Waals surface area contributed by atoms with Crippen molar-refractivity contribution in [2.24, 2.45) is 5.92 Å². The fourth-order valence-corrected chi connectivity index (χ4v) is 0.469. The summed E-state index contributed by atoms with van der Waals surface area (Å²) in [6.07, 6.45) is -0.335. The highest BCUT2D eigenvalue weighted by molar-refractivity contribution is 5.98. The van der Waals surface area contributed by atoms with Crippen LogP contribution in [0, 0.1) is 5.92 Å². The van der Waals surface area contributed by atoms with Crippen LogP contribution in [-0.4, -0.2) is 17.7 Å². The topological polar surface area (TPSA) is 60.4 Å². The lowest BCUT2D eigenvalue weighted by Crippen LogP contribution is -2.18. The molecule has 0 N–H and O–H groups in total. The zero-order valence-corrected chi connectivity index (χ0v) is 7.42. The van der Waals surface area contributed by atoms with Gasteiger partial charge in [0.05, 0.1) is 5.92 Å². The van der Waals surface area contributed by atoms with Crippen LogP contribution in [0.3, 0.4) is 0 Å². The molecule has 0 spiro atoms. The number of hydrogen-bond donors (Lipinski definition) is 0. The van der Waals surface area contributed by atoms with Crippen molar-refractivity contribution in [3.05, 3.63) is 0 Å². The summed E-state index contributed by atoms with van der Waals surface area (Å²) in [5.41, 5.74) is 0. The first-order valence-electron chi connectivity index (χ1n) is 3.67. The van der Waals surface area contributed by atoms with Crippen LogP contribution >= 0.6 is 0 Å². The van der Waals surface area contributed by atoms with Crippen LogP contribution < -0.4 is 0 Å². The molecule has 0 amide bonds. The third kappa shape index (κ3) is 4.60. The van der Waals surface area contributed by atoms with E-state index in [2.05, 4.69) is 4.74 Å². The van der Waals surface area contributed by atoms with E-state index >= 15 is 0 Å². The summed E-state index contributed by atoms with van der Waals surface area (Å²) >= 11 is 0. The molecule has 0 aromatic rings. The smallest absolute Gasteiger partial charge is 0.320 e. The fourth-order valence-electron chi connectivity index (χ4n) is 0.469. The number of ketones is 1. The van der Waals surface area contributed by atoms with Gasteiger partial charge in [0, 0.05) is 0 Å². The maximum Gasteiger partial charge on any atom is 0.320 e. The summed E-state index contributed by atoms with van der Waals surface area (Å²) in [4.78, 5) is 31.9. The van der Waals surface area contributed by atoms with E-state index in [0.29, 0.717) is 0 Å². The molecule has 68 valence electrons. The van der Waals surface area contributed by atoms with Gasteiger partial charge in [-0.25, -0.2) is 0 Å². The molecule has 0 aliphatic rings. The van der Waals surface area contributed by atoms with Gasteiger partial charge in [-0.1, -0.05) is 13.8 Å². The van der Waals surface area contributed by atoms with Crippen LogP contribution in [0.5, 0.6) is 0 Å². The molecular weight excluding hydrogens is 160 g/mol. The second kappa shape index (κ2) is 4.64. The van der Waals surface area contributed by atoms with Crippen LogP contribution in [0.4, 0.5) is 0 Å². The standard InChI is InChI=1S/C8H12O4/c1-5(2)8(11)12-7(10)4-6(3)9/h5H,4H2,1-3H3. The summed E-state index contributed by atoms with van der Waals surface area (Å²) in [6, 6.07) is 0. The van der Waals surface area contributed by atoms with Crippen molar-refractivity contribution in [1.29, 1.82) is 0 Å². The van der Waals surface area contributed by atoms with Gasteiger partial charge in [0.2, 0.25) is 0 Å². The first-order chi connectivity index (χ1) is 5.43. The molecule has 0 saturated carbocycles. The number of hydrogen-bond acceptors (Lipinski definition) is 4. The van der Waals surface area contributed by atoms with Crippen LogP contribution in [0.1, 0.15) is 27.2 Å². The van der Waals surface area contributed by atoms with Crippen molar-refractivity contribution in [2.75, 3.05) is 0 Å². The predicted octanol–water partition coefficient (Wildman–Crippen LogP) is 0.691. The third-order valence-electron chi connectivity index (χ3n) is 1.08. The van der Waals surface area contributed by atoms with Crippen LogP contribution in [0.25, 0.3) is 0 Å². The first-order valence-corrected chi connectivity index (χ1v) is 3.67. The van der Waals surface area contributed by atoms with Gasteiger partial charge in [-0.05, 0) is 6.92 Å². The van der Waals surface area contributed by atoms with Crippen LogP contribution in [0.2, 0.25) is 0 Å². The molecule has 0 radical (unpaired) electrons. The molecule has 0 atom stereocenters. The summed E-state index contributed by atoms with van der Waals surface area (Å²) in [5.74, 6) is -2.03. The zero-order valence-electron chi connectivity index (χ0n) is 7.42. The maximum atomic E-state index is 10.8. The van der Waals surface area contributed by atoms with E-state index in [1.807, 2.05) is 0 Å². The number of carbonyl (C=O) groups is 3. The average Bonchev–Trinajstić information content (AvgIpc) is 1.84. The zero-order chi connectivity index (χ0) is 9.72. The van der Waals surface area contributed by atoms with Crippen molar-refractivity contribution in [3.63, 3.8) is 0 Å². The summed E-state index contributed by atoms with van der Waals surface area (Å²) in [6.45, 7) is 4.49. The number of carbonyl (C=O) groups excluding carboxylic acids is 3. The van der Waals surface area contributed by atoms with E-state index in [9.17, 15) is 14.4 Å². The van der Waals surface area contributed by atoms with Crippen molar-refractivity contribution >= 4 is 17.7 Å². The quantitative estimate of drug-likeness (QED) is 0.464. The lowest BCUT2D eigenvalue weighted by molar-refractivity contribution is -0.162. The highest BCUT2D eigenvalue weighted by Crippen LogP contribution is 1.98. The Morgan fingerprint density at radius 3 is 2.08 bits per heavy atom. The molecular formula is C8H12O4. The van der Waals surface area contributed by atoms with Gasteiger partial charge >= 0.3 is 11.9 Å². The van der Waals surface area contributed by atoms with E-state index in [1.165, 1.54) is 6.92 Å². The SMILES string of the molecule is CC(=O)CC(=O)OC(=O)C(C)C. The molecule has 0 aromatic carbocycles. The van der Waals surface area contributed by atoms with Gasteiger partial charge in [-0.15, -0.1) is 0 Å². The summed E-state index contributed by atoms with van der Waals surface area (Å²) in [5, 5.41) is 0. The van der Waals surface area contributed by atoms with Crippen molar-refractivity contribution in [2.45, 2.75) is 27.2 Å². The van der Waals surface area contributed by atoms with Gasteiger partial charge in [0.15, 0.2) is 0 Å². The second-order valence-corrected chi connectivity index (χ2v) is 2.83. The van der Waals surface area contributed by atoms with E-state index < -0.39 is 11.9 Å². The highest BCUT2D eigenvalue weighted by Gasteiger charge is 2.14. The van der Waals surface area contributed by atoms with Crippen molar-refractivity contribution in [3.8, 4) is 0 Å². The molecule has 0 unspecified atom stereocenters. The van der Waals surface area contributed by atoms with Gasteiger partial charge in [-0.2, -0.15) is 0 Å². The monoisotopic (exact) mass is 172 g/mol. The van der Waals surface area contributed by atoms with E-state index in [0.717, 1.165) is 0 Å². The van der Waals surface area contributed by atoms with Gasteiger partial charge in [0.1, 0.15) is 12.2 Å². The molecule has 0 heterocycles. The molecule has 4 heteroatoms.